The van der Waals surface area contributed by atoms with Gasteiger partial charge in [-0.05, 0) is 56.1 Å². The predicted molar refractivity (Wildman–Crippen MR) is 136 cm³/mol. The lowest BCUT2D eigenvalue weighted by Gasteiger charge is -2.28. The summed E-state index contributed by atoms with van der Waals surface area (Å²) in [5.74, 6) is -0.376. The summed E-state index contributed by atoms with van der Waals surface area (Å²) >= 11 is 0. The highest BCUT2D eigenvalue weighted by molar-refractivity contribution is 6.16. The Hall–Kier alpha value is -4.36. The second kappa shape index (κ2) is 9.71. The van der Waals surface area contributed by atoms with E-state index in [0.29, 0.717) is 35.7 Å². The number of ether oxygens (including phenoxy) is 1. The number of hydrogen-bond acceptors (Lipinski definition) is 6. The van der Waals surface area contributed by atoms with Gasteiger partial charge in [0.05, 0.1) is 11.6 Å². The fraction of sp³-hybridized carbons (Fsp3) is 0.172. The summed E-state index contributed by atoms with van der Waals surface area (Å²) in [5, 5.41) is 11.7. The lowest BCUT2D eigenvalue weighted by Crippen LogP contribution is -2.36. The number of rotatable bonds is 8. The van der Waals surface area contributed by atoms with Gasteiger partial charge in [0.2, 0.25) is 5.78 Å². The number of carbonyl (C=O) groups excluding carboxylic acids is 2. The summed E-state index contributed by atoms with van der Waals surface area (Å²) in [5.41, 5.74) is 1.21. The maximum Gasteiger partial charge on any atom is 0.290 e. The van der Waals surface area contributed by atoms with Crippen molar-refractivity contribution in [3.63, 3.8) is 0 Å². The third-order valence-corrected chi connectivity index (χ3v) is 6.14. The molecule has 0 saturated heterocycles. The number of aliphatic hydroxyl groups is 1. The first-order chi connectivity index (χ1) is 17.4. The van der Waals surface area contributed by atoms with Crippen molar-refractivity contribution >= 4 is 22.7 Å². The van der Waals surface area contributed by atoms with Gasteiger partial charge >= 0.3 is 0 Å². The molecule has 2 heterocycles. The van der Waals surface area contributed by atoms with Gasteiger partial charge in [-0.1, -0.05) is 48.5 Å². The third kappa shape index (κ3) is 4.48. The van der Waals surface area contributed by atoms with Crippen LogP contribution >= 0.6 is 0 Å². The Balaban J connectivity index is 1.55. The molecule has 0 radical (unpaired) electrons. The minimum atomic E-state index is -0.794. The van der Waals surface area contributed by atoms with E-state index in [9.17, 15) is 14.7 Å². The van der Waals surface area contributed by atoms with E-state index in [1.165, 1.54) is 4.90 Å². The van der Waals surface area contributed by atoms with Crippen LogP contribution in [0.25, 0.3) is 11.0 Å². The van der Waals surface area contributed by atoms with Gasteiger partial charge in [0.25, 0.3) is 5.91 Å². The molecule has 1 amide bonds. The van der Waals surface area contributed by atoms with Gasteiger partial charge in [0.15, 0.2) is 11.5 Å². The number of likely N-dealkylation sites (N-methyl/N-ethyl adjacent to an activating group) is 1. The molecule has 0 saturated carbocycles. The predicted octanol–water partition coefficient (Wildman–Crippen LogP) is 5.37. The molecule has 1 N–H and O–H groups in total. The number of Topliss-reactive ketones (excluding diaryl/α,β-unsaturated/α-hetero) is 1. The van der Waals surface area contributed by atoms with Crippen molar-refractivity contribution in [2.45, 2.75) is 6.04 Å². The van der Waals surface area contributed by atoms with Crippen LogP contribution < -0.4 is 4.74 Å². The average Bonchev–Trinajstić information content (AvgIpc) is 3.42. The van der Waals surface area contributed by atoms with Crippen LogP contribution in [0.4, 0.5) is 0 Å². The Bertz CT molecular complexity index is 1420. The highest BCUT2D eigenvalue weighted by Crippen LogP contribution is 2.40. The van der Waals surface area contributed by atoms with Crippen LogP contribution in [-0.2, 0) is 4.79 Å². The zero-order valence-electron chi connectivity index (χ0n) is 20.0. The average molecular weight is 483 g/mol. The van der Waals surface area contributed by atoms with Gasteiger partial charge in [-0.2, -0.15) is 0 Å². The number of fused-ring (bicyclic) bond motifs is 1. The molecule has 4 aromatic rings. The lowest BCUT2D eigenvalue weighted by atomic mass is 9.95. The highest BCUT2D eigenvalue weighted by Gasteiger charge is 2.44. The molecular weight excluding hydrogens is 456 g/mol. The fourth-order valence-corrected chi connectivity index (χ4v) is 4.37. The first-order valence-corrected chi connectivity index (χ1v) is 11.7. The van der Waals surface area contributed by atoms with Crippen LogP contribution in [-0.4, -0.2) is 53.8 Å². The Morgan fingerprint density at radius 3 is 2.44 bits per heavy atom. The van der Waals surface area contributed by atoms with Crippen LogP contribution in [0.5, 0.6) is 11.5 Å². The molecule has 182 valence electrons. The minimum Gasteiger partial charge on any atom is -0.503 e. The molecule has 1 aliphatic rings. The summed E-state index contributed by atoms with van der Waals surface area (Å²) in [6.45, 7) is 0.878. The fourth-order valence-electron chi connectivity index (χ4n) is 4.37. The molecular formula is C29H26N2O5. The number of ketones is 1. The summed E-state index contributed by atoms with van der Waals surface area (Å²) < 4.78 is 11.8. The second-order valence-corrected chi connectivity index (χ2v) is 8.93. The smallest absolute Gasteiger partial charge is 0.290 e. The first kappa shape index (κ1) is 23.4. The number of hydrogen-bond donors (Lipinski definition) is 1. The maximum atomic E-state index is 13.7. The Morgan fingerprint density at radius 1 is 0.972 bits per heavy atom. The van der Waals surface area contributed by atoms with E-state index in [1.54, 1.807) is 24.3 Å². The van der Waals surface area contributed by atoms with Crippen molar-refractivity contribution in [2.24, 2.45) is 0 Å². The molecule has 7 heteroatoms. The molecule has 0 spiro atoms. The van der Waals surface area contributed by atoms with Crippen molar-refractivity contribution in [3.05, 3.63) is 108 Å². The molecule has 0 unspecified atom stereocenters. The van der Waals surface area contributed by atoms with Crippen molar-refractivity contribution in [3.8, 4) is 11.5 Å². The number of carbonyl (C=O) groups is 2. The van der Waals surface area contributed by atoms with Gasteiger partial charge in [-0.3, -0.25) is 9.59 Å². The number of aliphatic hydroxyl groups excluding tert-OH is 1. The number of benzene rings is 3. The third-order valence-electron chi connectivity index (χ3n) is 6.14. The van der Waals surface area contributed by atoms with Crippen molar-refractivity contribution < 1.29 is 23.8 Å². The molecule has 36 heavy (non-hydrogen) atoms. The maximum absolute atomic E-state index is 13.7. The van der Waals surface area contributed by atoms with Gasteiger partial charge in [-0.25, -0.2) is 0 Å². The summed E-state index contributed by atoms with van der Waals surface area (Å²) in [4.78, 5) is 30.3. The molecule has 0 bridgehead atoms. The van der Waals surface area contributed by atoms with E-state index in [1.807, 2.05) is 79.7 Å². The zero-order chi connectivity index (χ0) is 25.2. The van der Waals surface area contributed by atoms with E-state index in [0.717, 1.165) is 5.39 Å². The van der Waals surface area contributed by atoms with Gasteiger partial charge in [0, 0.05) is 18.5 Å². The summed E-state index contributed by atoms with van der Waals surface area (Å²) in [6, 6.07) is 24.7. The zero-order valence-corrected chi connectivity index (χ0v) is 20.0. The standard InChI is InChI=1S/C29H26N2O5/c1-30(2)15-16-31-26(20-10-8-13-22(17-20)35-21-11-4-3-5-12-21)25(28(33)29(31)34)27(32)24-18-19-9-6-7-14-23(19)36-24/h3-14,17-18,26,33H,15-16H2,1-2H3/t26-/m1/s1. The Morgan fingerprint density at radius 2 is 1.69 bits per heavy atom. The van der Waals surface area contributed by atoms with E-state index >= 15 is 0 Å². The molecule has 0 aliphatic carbocycles. The van der Waals surface area contributed by atoms with Crippen molar-refractivity contribution in [1.29, 1.82) is 0 Å². The number of furan rings is 1. The number of para-hydroxylation sites is 2. The van der Waals surface area contributed by atoms with E-state index in [4.69, 9.17) is 9.15 Å². The topological polar surface area (TPSA) is 83.2 Å². The molecule has 5 rings (SSSR count). The minimum absolute atomic E-state index is 0.00493. The lowest BCUT2D eigenvalue weighted by molar-refractivity contribution is -0.129. The van der Waals surface area contributed by atoms with Crippen molar-refractivity contribution in [2.75, 3.05) is 27.2 Å². The molecule has 3 aromatic carbocycles. The summed E-state index contributed by atoms with van der Waals surface area (Å²) in [6.07, 6.45) is 0. The van der Waals surface area contributed by atoms with Crippen LogP contribution in [0.3, 0.4) is 0 Å². The van der Waals surface area contributed by atoms with E-state index in [2.05, 4.69) is 0 Å². The molecule has 1 aromatic heterocycles. The molecule has 1 aliphatic heterocycles. The monoisotopic (exact) mass is 482 g/mol. The van der Waals surface area contributed by atoms with Crippen LogP contribution in [0.2, 0.25) is 0 Å². The van der Waals surface area contributed by atoms with Crippen LogP contribution in [0.1, 0.15) is 22.2 Å². The van der Waals surface area contributed by atoms with Crippen LogP contribution in [0.15, 0.2) is 101 Å². The van der Waals surface area contributed by atoms with Gasteiger partial charge in [0.1, 0.15) is 17.1 Å². The largest absolute Gasteiger partial charge is 0.503 e. The molecule has 0 fully saturated rings. The SMILES string of the molecule is CN(C)CCN1C(=O)C(O)=C(C(=O)c2cc3ccccc3o2)[C@H]1c1cccc(Oc2ccccc2)c1. The summed E-state index contributed by atoms with van der Waals surface area (Å²) in [7, 11) is 3.80. The van der Waals surface area contributed by atoms with Gasteiger partial charge in [-0.15, -0.1) is 0 Å². The quantitative estimate of drug-likeness (QED) is 0.340. The Kier molecular flexibility index (Phi) is 6.31. The molecule has 7 nitrogen and oxygen atoms in total. The number of amides is 1. The van der Waals surface area contributed by atoms with E-state index < -0.39 is 23.5 Å². The van der Waals surface area contributed by atoms with Gasteiger partial charge < -0.3 is 24.1 Å². The van der Waals surface area contributed by atoms with E-state index in [-0.39, 0.29) is 11.3 Å². The normalized spacial score (nSPS) is 15.8. The highest BCUT2D eigenvalue weighted by atomic mass is 16.5. The van der Waals surface area contributed by atoms with Crippen LogP contribution in [0, 0.1) is 0 Å². The van der Waals surface area contributed by atoms with Crippen molar-refractivity contribution in [1.82, 2.24) is 9.80 Å². The molecule has 1 atom stereocenters. The first-order valence-electron chi connectivity index (χ1n) is 11.7. The Labute approximate surface area is 208 Å². The second-order valence-electron chi connectivity index (χ2n) is 8.93. The number of nitrogens with zero attached hydrogens (tertiary/aromatic N) is 2.